The molecule has 1 fully saturated rings. The summed E-state index contributed by atoms with van der Waals surface area (Å²) in [6, 6.07) is 5.78. The maximum absolute atomic E-state index is 12.3. The Hall–Kier alpha value is -2.21. The van der Waals surface area contributed by atoms with Gasteiger partial charge >= 0.3 is 0 Å². The smallest absolute Gasteiger partial charge is 0.228 e. The molecule has 3 heterocycles. The van der Waals surface area contributed by atoms with Gasteiger partial charge in [0, 0.05) is 29.4 Å². The third-order valence-corrected chi connectivity index (χ3v) is 4.58. The second kappa shape index (κ2) is 7.57. The van der Waals surface area contributed by atoms with Crippen LogP contribution in [0, 0.1) is 12.8 Å². The van der Waals surface area contributed by atoms with Crippen molar-refractivity contribution in [2.24, 2.45) is 5.92 Å². The highest BCUT2D eigenvalue weighted by atomic mass is 16.1. The van der Waals surface area contributed by atoms with Gasteiger partial charge in [0.25, 0.3) is 0 Å². The van der Waals surface area contributed by atoms with Crippen molar-refractivity contribution in [1.82, 2.24) is 20.1 Å². The van der Waals surface area contributed by atoms with Crippen LogP contribution in [-0.2, 0) is 4.79 Å². The Balaban J connectivity index is 1.53. The Morgan fingerprint density at radius 3 is 2.88 bits per heavy atom. The molecule has 0 saturated carbocycles. The Morgan fingerprint density at radius 2 is 2.17 bits per heavy atom. The summed E-state index contributed by atoms with van der Waals surface area (Å²) in [5.74, 6) is 0.560. The monoisotopic (exact) mass is 327 g/mol. The molecule has 3 rings (SSSR count). The summed E-state index contributed by atoms with van der Waals surface area (Å²) >= 11 is 0. The number of H-pyrrole nitrogens is 1. The van der Waals surface area contributed by atoms with E-state index in [9.17, 15) is 4.79 Å². The van der Waals surface area contributed by atoms with E-state index in [4.69, 9.17) is 0 Å². The Bertz CT molecular complexity index is 673. The normalized spacial score (nSPS) is 16.2. The van der Waals surface area contributed by atoms with E-state index in [2.05, 4.69) is 25.4 Å². The molecule has 1 aliphatic rings. The molecular weight excluding hydrogens is 302 g/mol. The zero-order valence-electron chi connectivity index (χ0n) is 14.4. The van der Waals surface area contributed by atoms with E-state index < -0.39 is 0 Å². The van der Waals surface area contributed by atoms with Crippen molar-refractivity contribution >= 4 is 11.7 Å². The molecule has 0 spiro atoms. The van der Waals surface area contributed by atoms with Crippen molar-refractivity contribution in [3.8, 4) is 11.3 Å². The molecule has 2 aromatic rings. The largest absolute Gasteiger partial charge is 0.309 e. The molecule has 0 aliphatic carbocycles. The summed E-state index contributed by atoms with van der Waals surface area (Å²) in [6.07, 6.45) is 5.24. The highest BCUT2D eigenvalue weighted by Gasteiger charge is 2.18. The second-order valence-electron chi connectivity index (χ2n) is 6.58. The van der Waals surface area contributed by atoms with E-state index >= 15 is 0 Å². The molecule has 128 valence electrons. The van der Waals surface area contributed by atoms with Gasteiger partial charge in [0.15, 0.2) is 5.82 Å². The van der Waals surface area contributed by atoms with Crippen LogP contribution in [0.15, 0.2) is 24.4 Å². The number of likely N-dealkylation sites (tertiary alicyclic amines) is 1. The SMILES string of the molecule is Cc1ccc(-c2cc(NC(=O)C(C)CCN3CCCC3)n[nH]2)cn1. The minimum absolute atomic E-state index is 0.0215. The first kappa shape index (κ1) is 16.6. The molecule has 0 radical (unpaired) electrons. The van der Waals surface area contributed by atoms with Gasteiger partial charge in [-0.05, 0) is 58.0 Å². The van der Waals surface area contributed by atoms with Gasteiger partial charge in [0.1, 0.15) is 0 Å². The van der Waals surface area contributed by atoms with Crippen LogP contribution in [0.2, 0.25) is 0 Å². The zero-order chi connectivity index (χ0) is 16.9. The zero-order valence-corrected chi connectivity index (χ0v) is 14.4. The lowest BCUT2D eigenvalue weighted by Gasteiger charge is -2.17. The summed E-state index contributed by atoms with van der Waals surface area (Å²) in [6.45, 7) is 7.26. The van der Waals surface area contributed by atoms with Crippen molar-refractivity contribution < 1.29 is 4.79 Å². The number of carbonyl (C=O) groups excluding carboxylic acids is 1. The third kappa shape index (κ3) is 4.20. The fraction of sp³-hybridized carbons (Fsp3) is 0.500. The average molecular weight is 327 g/mol. The maximum Gasteiger partial charge on any atom is 0.228 e. The summed E-state index contributed by atoms with van der Waals surface area (Å²) in [7, 11) is 0. The number of aromatic amines is 1. The van der Waals surface area contributed by atoms with E-state index in [1.807, 2.05) is 32.0 Å². The minimum atomic E-state index is -0.0215. The molecule has 2 N–H and O–H groups in total. The number of rotatable bonds is 6. The second-order valence-corrected chi connectivity index (χ2v) is 6.58. The highest BCUT2D eigenvalue weighted by molar-refractivity contribution is 5.91. The van der Waals surface area contributed by atoms with Crippen molar-refractivity contribution in [2.45, 2.75) is 33.1 Å². The number of aryl methyl sites for hydroxylation is 1. The van der Waals surface area contributed by atoms with E-state index in [1.54, 1.807) is 6.20 Å². The summed E-state index contributed by atoms with van der Waals surface area (Å²) in [5.41, 5.74) is 2.77. The van der Waals surface area contributed by atoms with Crippen LogP contribution < -0.4 is 5.32 Å². The van der Waals surface area contributed by atoms with Crippen molar-refractivity contribution in [1.29, 1.82) is 0 Å². The van der Waals surface area contributed by atoms with Crippen LogP contribution in [0.3, 0.4) is 0 Å². The number of anilines is 1. The average Bonchev–Trinajstić information content (AvgIpc) is 3.25. The fourth-order valence-electron chi connectivity index (χ4n) is 2.92. The van der Waals surface area contributed by atoms with Gasteiger partial charge < -0.3 is 10.2 Å². The first-order valence-electron chi connectivity index (χ1n) is 8.63. The standard InChI is InChI=1S/C18H25N5O/c1-13(7-10-23-8-3-4-9-23)18(24)20-17-11-16(21-22-17)15-6-5-14(2)19-12-15/h5-6,11-13H,3-4,7-10H2,1-2H3,(H2,20,21,22,24). The molecule has 0 aromatic carbocycles. The number of hydrogen-bond donors (Lipinski definition) is 2. The molecule has 24 heavy (non-hydrogen) atoms. The first-order valence-corrected chi connectivity index (χ1v) is 8.63. The summed E-state index contributed by atoms with van der Waals surface area (Å²) in [5, 5.41) is 10.0. The van der Waals surface area contributed by atoms with Crippen molar-refractivity contribution in [3.05, 3.63) is 30.1 Å². The van der Waals surface area contributed by atoms with Crippen LogP contribution in [0.1, 0.15) is 31.9 Å². The molecule has 0 bridgehead atoms. The Morgan fingerprint density at radius 1 is 1.38 bits per heavy atom. The molecular formula is C18H25N5O. The lowest BCUT2D eigenvalue weighted by Crippen LogP contribution is -2.27. The summed E-state index contributed by atoms with van der Waals surface area (Å²) in [4.78, 5) is 19.0. The number of pyridine rings is 1. The number of aromatic nitrogens is 3. The molecule has 1 saturated heterocycles. The number of carbonyl (C=O) groups is 1. The Labute approximate surface area is 142 Å². The Kier molecular flexibility index (Phi) is 5.25. The fourth-order valence-corrected chi connectivity index (χ4v) is 2.92. The van der Waals surface area contributed by atoms with E-state index in [1.165, 1.54) is 25.9 Å². The maximum atomic E-state index is 12.3. The predicted molar refractivity (Wildman–Crippen MR) is 94.6 cm³/mol. The van der Waals surface area contributed by atoms with Gasteiger partial charge in [-0.2, -0.15) is 5.10 Å². The van der Waals surface area contributed by atoms with Gasteiger partial charge in [0.05, 0.1) is 5.69 Å². The van der Waals surface area contributed by atoms with Gasteiger partial charge in [0.2, 0.25) is 5.91 Å². The van der Waals surface area contributed by atoms with Crippen molar-refractivity contribution in [3.63, 3.8) is 0 Å². The van der Waals surface area contributed by atoms with Crippen LogP contribution in [-0.4, -0.2) is 45.6 Å². The lowest BCUT2D eigenvalue weighted by atomic mass is 10.1. The quantitative estimate of drug-likeness (QED) is 0.855. The first-order chi connectivity index (χ1) is 11.6. The molecule has 1 unspecified atom stereocenters. The number of nitrogens with one attached hydrogen (secondary N) is 2. The van der Waals surface area contributed by atoms with Gasteiger partial charge in [-0.25, -0.2) is 0 Å². The van der Waals surface area contributed by atoms with Crippen LogP contribution >= 0.6 is 0 Å². The van der Waals surface area contributed by atoms with Crippen LogP contribution in [0.25, 0.3) is 11.3 Å². The highest BCUT2D eigenvalue weighted by Crippen LogP contribution is 2.20. The molecule has 2 aromatic heterocycles. The van der Waals surface area contributed by atoms with Crippen LogP contribution in [0.4, 0.5) is 5.82 Å². The molecule has 6 nitrogen and oxygen atoms in total. The van der Waals surface area contributed by atoms with Crippen LogP contribution in [0.5, 0.6) is 0 Å². The number of amides is 1. The van der Waals surface area contributed by atoms with Crippen molar-refractivity contribution in [2.75, 3.05) is 25.0 Å². The topological polar surface area (TPSA) is 73.9 Å². The number of nitrogens with zero attached hydrogens (tertiary/aromatic N) is 3. The van der Waals surface area contributed by atoms with Gasteiger partial charge in [-0.1, -0.05) is 6.92 Å². The molecule has 1 atom stereocenters. The lowest BCUT2D eigenvalue weighted by molar-refractivity contribution is -0.119. The third-order valence-electron chi connectivity index (χ3n) is 4.58. The van der Waals surface area contributed by atoms with E-state index in [0.717, 1.165) is 29.9 Å². The van der Waals surface area contributed by atoms with E-state index in [0.29, 0.717) is 5.82 Å². The van der Waals surface area contributed by atoms with E-state index in [-0.39, 0.29) is 11.8 Å². The minimum Gasteiger partial charge on any atom is -0.309 e. The number of hydrogen-bond acceptors (Lipinski definition) is 4. The van der Waals surface area contributed by atoms with Gasteiger partial charge in [-0.3, -0.25) is 14.9 Å². The predicted octanol–water partition coefficient (Wildman–Crippen LogP) is 2.84. The molecule has 6 heteroatoms. The summed E-state index contributed by atoms with van der Waals surface area (Å²) < 4.78 is 0. The van der Waals surface area contributed by atoms with Gasteiger partial charge in [-0.15, -0.1) is 0 Å². The molecule has 1 amide bonds. The molecule has 1 aliphatic heterocycles.